The van der Waals surface area contributed by atoms with Crippen LogP contribution < -0.4 is 0 Å². The number of aliphatic hydroxyl groups is 4. The van der Waals surface area contributed by atoms with Crippen LogP contribution in [0.2, 0.25) is 0 Å². The summed E-state index contributed by atoms with van der Waals surface area (Å²) in [5.41, 5.74) is 0. The van der Waals surface area contributed by atoms with Crippen molar-refractivity contribution in [3.63, 3.8) is 0 Å². The lowest BCUT2D eigenvalue weighted by Gasteiger charge is -2.13. The van der Waals surface area contributed by atoms with Gasteiger partial charge in [-0.3, -0.25) is 0 Å². The van der Waals surface area contributed by atoms with Gasteiger partial charge >= 0.3 is 0 Å². The highest BCUT2D eigenvalue weighted by molar-refractivity contribution is 4.91. The molecule has 4 N–H and O–H groups in total. The Labute approximate surface area is 69.4 Å². The minimum Gasteiger partial charge on any atom is -0.394 e. The van der Waals surface area contributed by atoms with Gasteiger partial charge in [-0.05, 0) is 0 Å². The van der Waals surface area contributed by atoms with Crippen molar-refractivity contribution in [2.24, 2.45) is 0 Å². The van der Waals surface area contributed by atoms with Crippen LogP contribution in [0.1, 0.15) is 1.37 Å². The second kappa shape index (κ2) is 3.63. The molecule has 0 aromatic heterocycles. The van der Waals surface area contributed by atoms with Crippen molar-refractivity contribution in [2.75, 3.05) is 6.61 Å². The van der Waals surface area contributed by atoms with Gasteiger partial charge in [-0.2, -0.15) is 0 Å². The summed E-state index contributed by atoms with van der Waals surface area (Å²) in [7, 11) is 0. The van der Waals surface area contributed by atoms with Crippen molar-refractivity contribution in [1.29, 1.82) is 0 Å². The number of hydrogen-bond acceptors (Lipinski definition) is 5. The number of aliphatic hydroxyl groups excluding tert-OH is 3. The Hall–Kier alpha value is -0.270. The van der Waals surface area contributed by atoms with Gasteiger partial charge in [-0.15, -0.1) is 0 Å². The Balaban J connectivity index is 2.71. The lowest BCUT2D eigenvalue weighted by Crippen LogP contribution is -2.37. The van der Waals surface area contributed by atoms with Crippen LogP contribution in [0, 0.1) is 0 Å². The minimum absolute atomic E-state index is 0.620. The van der Waals surface area contributed by atoms with Gasteiger partial charge in [-0.1, -0.05) is 0 Å². The molecule has 5 nitrogen and oxygen atoms in total. The number of rotatable bonds is 2. The van der Waals surface area contributed by atoms with Crippen molar-refractivity contribution in [1.82, 2.24) is 0 Å². The fourth-order valence-electron chi connectivity index (χ4n) is 1.10. The van der Waals surface area contributed by atoms with E-state index in [0.717, 1.165) is 0 Å². The molecule has 0 spiro atoms. The van der Waals surface area contributed by atoms with Gasteiger partial charge in [-0.25, -0.2) is 4.39 Å². The fourth-order valence-corrected chi connectivity index (χ4v) is 1.10. The summed E-state index contributed by atoms with van der Waals surface area (Å²) < 4.78 is 23.6. The van der Waals surface area contributed by atoms with E-state index in [-0.39, 0.29) is 0 Å². The molecule has 1 saturated heterocycles. The van der Waals surface area contributed by atoms with E-state index in [4.69, 9.17) is 21.8 Å². The summed E-state index contributed by atoms with van der Waals surface area (Å²) in [5, 5.41) is 35.3. The SMILES string of the molecule is [2H]C(O)(F)[C@@H]1O[C@H](CO)[C@@H](O)[C@@H]1O. The zero-order valence-corrected chi connectivity index (χ0v) is 6.09. The Kier molecular flexibility index (Phi) is 2.52. The first kappa shape index (κ1) is 8.33. The predicted molar refractivity (Wildman–Crippen MR) is 34.9 cm³/mol. The maximum Gasteiger partial charge on any atom is 0.225 e. The molecule has 1 fully saturated rings. The number of halogens is 1. The van der Waals surface area contributed by atoms with E-state index in [1.807, 2.05) is 0 Å². The highest BCUT2D eigenvalue weighted by Crippen LogP contribution is 2.23. The molecule has 1 aliphatic rings. The van der Waals surface area contributed by atoms with Crippen LogP contribution in [-0.4, -0.2) is 57.8 Å². The standard InChI is InChI=1S/C6H11FO5/c7-6(11)5-4(10)3(9)2(1-8)12-5/h2-6,8-11H,1H2/t2-,3-,4+,5-,6?/m1/s1/i6D. The van der Waals surface area contributed by atoms with Gasteiger partial charge in [0.05, 0.1) is 6.61 Å². The van der Waals surface area contributed by atoms with Crippen LogP contribution in [0.15, 0.2) is 0 Å². The molecule has 0 radical (unpaired) electrons. The maximum atomic E-state index is 12.6. The Bertz CT molecular complexity index is 184. The van der Waals surface area contributed by atoms with Gasteiger partial charge in [0.15, 0.2) is 0 Å². The highest BCUT2D eigenvalue weighted by atomic mass is 19.1. The Morgan fingerprint density at radius 3 is 2.33 bits per heavy atom. The van der Waals surface area contributed by atoms with Crippen molar-refractivity contribution in [3.05, 3.63) is 0 Å². The molecule has 5 atom stereocenters. The Morgan fingerprint density at radius 2 is 2.08 bits per heavy atom. The minimum atomic E-state index is -3.48. The zero-order valence-electron chi connectivity index (χ0n) is 7.09. The van der Waals surface area contributed by atoms with Gasteiger partial charge in [0.25, 0.3) is 0 Å². The fraction of sp³-hybridized carbons (Fsp3) is 1.00. The average molecular weight is 183 g/mol. The third kappa shape index (κ3) is 1.57. The van der Waals surface area contributed by atoms with Crippen molar-refractivity contribution < 1.29 is 30.9 Å². The number of alkyl halides is 1. The normalized spacial score (nSPS) is 48.6. The lowest BCUT2D eigenvalue weighted by molar-refractivity contribution is -0.123. The number of ether oxygens (including phenoxy) is 1. The largest absolute Gasteiger partial charge is 0.394 e. The molecule has 1 rings (SSSR count). The molecule has 0 aromatic rings. The van der Waals surface area contributed by atoms with Gasteiger partial charge in [0, 0.05) is 0 Å². The number of hydrogen-bond donors (Lipinski definition) is 4. The van der Waals surface area contributed by atoms with Crippen LogP contribution in [0.3, 0.4) is 0 Å². The highest BCUT2D eigenvalue weighted by Gasteiger charge is 2.45. The molecule has 0 bridgehead atoms. The van der Waals surface area contributed by atoms with E-state index < -0.39 is 37.4 Å². The molecule has 6 heteroatoms. The summed E-state index contributed by atoms with van der Waals surface area (Å²) in [4.78, 5) is 0. The van der Waals surface area contributed by atoms with Crippen LogP contribution in [0.5, 0.6) is 0 Å². The molecule has 1 heterocycles. The van der Waals surface area contributed by atoms with Gasteiger partial charge in [0.1, 0.15) is 25.8 Å². The summed E-state index contributed by atoms with van der Waals surface area (Å²) in [6, 6.07) is 0. The summed E-state index contributed by atoms with van der Waals surface area (Å²) in [5.74, 6) is 0. The molecule has 0 saturated carbocycles. The predicted octanol–water partition coefficient (Wildman–Crippen LogP) is -2.24. The molecular formula is C6H11FO5. The molecule has 1 unspecified atom stereocenters. The van der Waals surface area contributed by atoms with E-state index in [2.05, 4.69) is 4.74 Å². The second-order valence-electron chi connectivity index (χ2n) is 2.58. The summed E-state index contributed by atoms with van der Waals surface area (Å²) in [6.45, 7) is -0.620. The lowest BCUT2D eigenvalue weighted by atomic mass is 10.1. The van der Waals surface area contributed by atoms with Crippen LogP contribution in [0.4, 0.5) is 4.39 Å². The van der Waals surface area contributed by atoms with Crippen LogP contribution in [0.25, 0.3) is 0 Å². The molecule has 1 aliphatic heterocycles. The molecule has 0 aliphatic carbocycles. The van der Waals surface area contributed by atoms with Crippen molar-refractivity contribution >= 4 is 0 Å². The Morgan fingerprint density at radius 1 is 1.50 bits per heavy atom. The molecule has 0 aromatic carbocycles. The smallest absolute Gasteiger partial charge is 0.225 e. The van der Waals surface area contributed by atoms with Crippen molar-refractivity contribution in [3.8, 4) is 0 Å². The van der Waals surface area contributed by atoms with Crippen molar-refractivity contribution in [2.45, 2.75) is 30.7 Å². The quantitative estimate of drug-likeness (QED) is 0.388. The van der Waals surface area contributed by atoms with E-state index in [1.165, 1.54) is 0 Å². The van der Waals surface area contributed by atoms with E-state index >= 15 is 0 Å². The van der Waals surface area contributed by atoms with E-state index in [9.17, 15) is 4.39 Å². The summed E-state index contributed by atoms with van der Waals surface area (Å²) in [6.07, 6.45) is -9.73. The zero-order chi connectivity index (χ0) is 10.2. The van der Waals surface area contributed by atoms with Crippen LogP contribution >= 0.6 is 0 Å². The van der Waals surface area contributed by atoms with Gasteiger partial charge < -0.3 is 25.2 Å². The maximum absolute atomic E-state index is 12.6. The third-order valence-corrected chi connectivity index (χ3v) is 1.78. The third-order valence-electron chi connectivity index (χ3n) is 1.78. The average Bonchev–Trinajstić information content (AvgIpc) is 2.28. The molecular weight excluding hydrogens is 171 g/mol. The first-order valence-corrected chi connectivity index (χ1v) is 3.41. The monoisotopic (exact) mass is 183 g/mol. The van der Waals surface area contributed by atoms with Gasteiger partial charge in [0.2, 0.25) is 6.33 Å². The molecule has 12 heavy (non-hydrogen) atoms. The molecule has 72 valence electrons. The van der Waals surface area contributed by atoms with E-state index in [0.29, 0.717) is 0 Å². The molecule has 0 amide bonds. The summed E-state index contributed by atoms with van der Waals surface area (Å²) >= 11 is 0. The van der Waals surface area contributed by atoms with E-state index in [1.54, 1.807) is 0 Å². The topological polar surface area (TPSA) is 90.2 Å². The van der Waals surface area contributed by atoms with Crippen LogP contribution in [-0.2, 0) is 4.74 Å². The first-order chi connectivity index (χ1) is 5.88. The second-order valence-corrected chi connectivity index (χ2v) is 2.58. The first-order valence-electron chi connectivity index (χ1n) is 3.91.